The van der Waals surface area contributed by atoms with E-state index in [4.69, 9.17) is 0 Å². The van der Waals surface area contributed by atoms with Crippen LogP contribution in [0.1, 0.15) is 17.2 Å². The lowest BCUT2D eigenvalue weighted by molar-refractivity contribution is 0.736. The predicted molar refractivity (Wildman–Crippen MR) is 77.9 cm³/mol. The van der Waals surface area contributed by atoms with Crippen molar-refractivity contribution in [3.63, 3.8) is 0 Å². The molecular weight excluding hydrogens is 272 g/mol. The Hall–Kier alpha value is -1.89. The lowest BCUT2D eigenvalue weighted by Crippen LogP contribution is -2.01. The molecule has 3 aromatic rings. The van der Waals surface area contributed by atoms with E-state index in [1.54, 1.807) is 16.3 Å². The fourth-order valence-corrected chi connectivity index (χ4v) is 2.84. The van der Waals surface area contributed by atoms with Crippen molar-refractivity contribution >= 4 is 17.5 Å². The molecule has 0 bridgehead atoms. The van der Waals surface area contributed by atoms with Crippen LogP contribution >= 0.6 is 11.8 Å². The average molecular weight is 288 g/mol. The van der Waals surface area contributed by atoms with Gasteiger partial charge >= 0.3 is 0 Å². The molecule has 0 aliphatic carbocycles. The fourth-order valence-electron chi connectivity index (χ4n) is 2.08. The minimum atomic E-state index is 0.670. The molecule has 104 valence electrons. The van der Waals surface area contributed by atoms with Gasteiger partial charge in [0, 0.05) is 36.1 Å². The minimum Gasteiger partial charge on any atom is -0.334 e. The molecule has 3 rings (SSSR count). The Kier molecular flexibility index (Phi) is 3.43. The van der Waals surface area contributed by atoms with Gasteiger partial charge in [0.25, 0.3) is 5.78 Å². The monoisotopic (exact) mass is 288 g/mol. The summed E-state index contributed by atoms with van der Waals surface area (Å²) >= 11 is 1.64. The normalized spacial score (nSPS) is 11.3. The summed E-state index contributed by atoms with van der Waals surface area (Å²) in [6.07, 6.45) is 3.81. The fraction of sp³-hybridized carbons (Fsp3) is 0.385. The zero-order valence-electron chi connectivity index (χ0n) is 11.7. The molecule has 0 unspecified atom stereocenters. The first-order valence-corrected chi connectivity index (χ1v) is 7.43. The molecule has 20 heavy (non-hydrogen) atoms. The maximum absolute atomic E-state index is 4.48. The average Bonchev–Trinajstić information content (AvgIpc) is 2.96. The molecule has 0 radical (unpaired) electrons. The van der Waals surface area contributed by atoms with Gasteiger partial charge in [-0.3, -0.25) is 0 Å². The number of rotatable bonds is 4. The smallest absolute Gasteiger partial charge is 0.253 e. The number of aromatic nitrogens is 6. The second-order valence-electron chi connectivity index (χ2n) is 4.66. The van der Waals surface area contributed by atoms with Crippen LogP contribution in [0.2, 0.25) is 0 Å². The molecule has 0 aliphatic heterocycles. The number of aryl methyl sites for hydroxylation is 4. The van der Waals surface area contributed by atoms with Gasteiger partial charge in [0.2, 0.25) is 5.16 Å². The first-order chi connectivity index (χ1) is 9.63. The quantitative estimate of drug-likeness (QED) is 0.688. The third kappa shape index (κ3) is 2.53. The molecule has 0 saturated heterocycles. The molecule has 7 heteroatoms. The molecule has 0 atom stereocenters. The highest BCUT2D eigenvalue weighted by Crippen LogP contribution is 2.15. The van der Waals surface area contributed by atoms with Crippen LogP contribution in [0.25, 0.3) is 5.78 Å². The first kappa shape index (κ1) is 13.1. The first-order valence-electron chi connectivity index (χ1n) is 6.45. The molecule has 6 nitrogen and oxygen atoms in total. The van der Waals surface area contributed by atoms with Gasteiger partial charge in [-0.05, 0) is 26.8 Å². The van der Waals surface area contributed by atoms with E-state index in [1.807, 2.05) is 39.2 Å². The van der Waals surface area contributed by atoms with Gasteiger partial charge < -0.3 is 4.57 Å². The largest absolute Gasteiger partial charge is 0.334 e. The van der Waals surface area contributed by atoms with E-state index in [0.29, 0.717) is 5.78 Å². The van der Waals surface area contributed by atoms with Gasteiger partial charge in [0.05, 0.1) is 0 Å². The van der Waals surface area contributed by atoms with Crippen LogP contribution in [0, 0.1) is 20.8 Å². The van der Waals surface area contributed by atoms with E-state index in [1.165, 1.54) is 0 Å². The van der Waals surface area contributed by atoms with Gasteiger partial charge in [-0.25, -0.2) is 14.5 Å². The highest BCUT2D eigenvalue weighted by molar-refractivity contribution is 7.99. The van der Waals surface area contributed by atoms with Crippen molar-refractivity contribution < 1.29 is 0 Å². The standard InChI is InChI=1S/C13H16N6S/c1-9-8-10(2)19-12(15-9)16-13(17-19)20-7-6-18-5-4-14-11(18)3/h4-5,8H,6-7H2,1-3H3. The van der Waals surface area contributed by atoms with Crippen molar-refractivity contribution in [1.82, 2.24) is 29.1 Å². The number of fused-ring (bicyclic) bond motifs is 1. The lowest BCUT2D eigenvalue weighted by atomic mass is 10.4. The summed E-state index contributed by atoms with van der Waals surface area (Å²) in [4.78, 5) is 13.1. The molecular formula is C13H16N6S. The molecule has 0 saturated carbocycles. The van der Waals surface area contributed by atoms with Crippen LogP contribution in [0.15, 0.2) is 23.6 Å². The van der Waals surface area contributed by atoms with Crippen molar-refractivity contribution in [2.45, 2.75) is 32.5 Å². The van der Waals surface area contributed by atoms with Gasteiger partial charge in [-0.2, -0.15) is 4.98 Å². The Morgan fingerprint density at radius 2 is 2.05 bits per heavy atom. The Morgan fingerprint density at radius 1 is 1.20 bits per heavy atom. The Balaban J connectivity index is 1.72. The van der Waals surface area contributed by atoms with Gasteiger partial charge in [-0.15, -0.1) is 5.10 Å². The van der Waals surface area contributed by atoms with Crippen molar-refractivity contribution in [2.75, 3.05) is 5.75 Å². The maximum Gasteiger partial charge on any atom is 0.253 e. The zero-order chi connectivity index (χ0) is 14.1. The predicted octanol–water partition coefficient (Wildman–Crippen LogP) is 2.04. The van der Waals surface area contributed by atoms with Crippen LogP contribution in [-0.2, 0) is 6.54 Å². The van der Waals surface area contributed by atoms with E-state index in [9.17, 15) is 0 Å². The van der Waals surface area contributed by atoms with Crippen LogP contribution in [0.4, 0.5) is 0 Å². The van der Waals surface area contributed by atoms with E-state index in [-0.39, 0.29) is 0 Å². The summed E-state index contributed by atoms with van der Waals surface area (Å²) in [6.45, 7) is 6.89. The Labute approximate surface area is 121 Å². The molecule has 0 fully saturated rings. The minimum absolute atomic E-state index is 0.670. The molecule has 0 amide bonds. The van der Waals surface area contributed by atoms with Crippen molar-refractivity contribution in [1.29, 1.82) is 0 Å². The molecule has 0 spiro atoms. The summed E-state index contributed by atoms with van der Waals surface area (Å²) in [5, 5.41) is 5.24. The molecule has 0 N–H and O–H groups in total. The summed E-state index contributed by atoms with van der Waals surface area (Å²) < 4.78 is 3.91. The van der Waals surface area contributed by atoms with E-state index in [2.05, 4.69) is 24.6 Å². The number of nitrogens with zero attached hydrogens (tertiary/aromatic N) is 6. The summed E-state index contributed by atoms with van der Waals surface area (Å²) in [5.74, 6) is 2.61. The molecule has 3 aromatic heterocycles. The third-order valence-electron chi connectivity index (χ3n) is 3.09. The summed E-state index contributed by atoms with van der Waals surface area (Å²) in [6, 6.07) is 2.00. The number of imidazole rings is 1. The van der Waals surface area contributed by atoms with Gasteiger partial charge in [0.1, 0.15) is 5.82 Å². The van der Waals surface area contributed by atoms with Crippen LogP contribution < -0.4 is 0 Å². The number of hydrogen-bond acceptors (Lipinski definition) is 5. The Morgan fingerprint density at radius 3 is 2.80 bits per heavy atom. The summed E-state index contributed by atoms with van der Waals surface area (Å²) in [5.41, 5.74) is 2.02. The second-order valence-corrected chi connectivity index (χ2v) is 5.72. The van der Waals surface area contributed by atoms with Gasteiger partial charge in [0.15, 0.2) is 0 Å². The van der Waals surface area contributed by atoms with E-state index < -0.39 is 0 Å². The van der Waals surface area contributed by atoms with E-state index in [0.717, 1.165) is 34.7 Å². The Bertz CT molecular complexity index is 744. The topological polar surface area (TPSA) is 60.9 Å². The second kappa shape index (κ2) is 5.24. The molecule has 0 aliphatic rings. The maximum atomic E-state index is 4.48. The van der Waals surface area contributed by atoms with Crippen LogP contribution in [-0.4, -0.2) is 34.9 Å². The SMILES string of the molecule is Cc1cc(C)n2nc(SCCn3ccnc3C)nc2n1. The number of thioether (sulfide) groups is 1. The van der Waals surface area contributed by atoms with Crippen molar-refractivity contribution in [3.8, 4) is 0 Å². The van der Waals surface area contributed by atoms with Crippen LogP contribution in [0.5, 0.6) is 0 Å². The highest BCUT2D eigenvalue weighted by atomic mass is 32.2. The lowest BCUT2D eigenvalue weighted by Gasteiger charge is -2.02. The summed E-state index contributed by atoms with van der Waals surface area (Å²) in [7, 11) is 0. The third-order valence-corrected chi connectivity index (χ3v) is 3.90. The highest BCUT2D eigenvalue weighted by Gasteiger charge is 2.08. The number of hydrogen-bond donors (Lipinski definition) is 0. The van der Waals surface area contributed by atoms with Crippen molar-refractivity contribution in [2.24, 2.45) is 0 Å². The van der Waals surface area contributed by atoms with E-state index >= 15 is 0 Å². The molecule has 3 heterocycles. The van der Waals surface area contributed by atoms with Crippen molar-refractivity contribution in [3.05, 3.63) is 35.7 Å². The van der Waals surface area contributed by atoms with Crippen LogP contribution in [0.3, 0.4) is 0 Å². The van der Waals surface area contributed by atoms with Gasteiger partial charge in [-0.1, -0.05) is 11.8 Å². The zero-order valence-corrected chi connectivity index (χ0v) is 12.6. The molecule has 0 aromatic carbocycles.